The number of rotatable bonds is 8. The standard InChI is InChI=1S/C18H20N2O5/c1-22-15-10-17(24-3)16(23-2)9-13(15)11-19-20-18(21)12-25-14-7-5-4-6-8-14/h4-11H,12H2,1-3H3,(H,20,21)/b19-11+. The molecule has 0 aliphatic carbocycles. The molecule has 2 aromatic rings. The number of nitrogens with one attached hydrogen (secondary N) is 1. The quantitative estimate of drug-likeness (QED) is 0.587. The summed E-state index contributed by atoms with van der Waals surface area (Å²) in [7, 11) is 4.61. The molecule has 2 rings (SSSR count). The van der Waals surface area contributed by atoms with E-state index < -0.39 is 0 Å². The van der Waals surface area contributed by atoms with Gasteiger partial charge >= 0.3 is 0 Å². The number of benzene rings is 2. The molecule has 7 heteroatoms. The lowest BCUT2D eigenvalue weighted by Gasteiger charge is -2.11. The Morgan fingerprint density at radius 1 is 1.00 bits per heavy atom. The maximum absolute atomic E-state index is 11.8. The van der Waals surface area contributed by atoms with Crippen molar-refractivity contribution in [3.63, 3.8) is 0 Å². The van der Waals surface area contributed by atoms with Crippen molar-refractivity contribution in [2.24, 2.45) is 5.10 Å². The highest BCUT2D eigenvalue weighted by Gasteiger charge is 2.10. The van der Waals surface area contributed by atoms with E-state index in [1.807, 2.05) is 18.2 Å². The lowest BCUT2D eigenvalue weighted by molar-refractivity contribution is -0.123. The first-order valence-electron chi connectivity index (χ1n) is 7.47. The molecule has 0 saturated heterocycles. The normalized spacial score (nSPS) is 10.4. The fourth-order valence-corrected chi connectivity index (χ4v) is 2.03. The highest BCUT2D eigenvalue weighted by molar-refractivity contribution is 5.86. The van der Waals surface area contributed by atoms with E-state index in [1.54, 1.807) is 24.3 Å². The summed E-state index contributed by atoms with van der Waals surface area (Å²) in [6.45, 7) is -0.135. The van der Waals surface area contributed by atoms with E-state index in [9.17, 15) is 4.79 Å². The van der Waals surface area contributed by atoms with Crippen LogP contribution in [0, 0.1) is 0 Å². The molecule has 132 valence electrons. The number of amides is 1. The van der Waals surface area contributed by atoms with Gasteiger partial charge < -0.3 is 18.9 Å². The summed E-state index contributed by atoms with van der Waals surface area (Å²) >= 11 is 0. The van der Waals surface area contributed by atoms with Gasteiger partial charge in [0, 0.05) is 11.6 Å². The molecule has 0 unspecified atom stereocenters. The molecule has 0 saturated carbocycles. The van der Waals surface area contributed by atoms with Crippen LogP contribution >= 0.6 is 0 Å². The summed E-state index contributed by atoms with van der Waals surface area (Å²) < 4.78 is 21.1. The monoisotopic (exact) mass is 344 g/mol. The third-order valence-corrected chi connectivity index (χ3v) is 3.24. The van der Waals surface area contributed by atoms with Crippen LogP contribution in [0.5, 0.6) is 23.0 Å². The summed E-state index contributed by atoms with van der Waals surface area (Å²) in [4.78, 5) is 11.8. The molecule has 25 heavy (non-hydrogen) atoms. The average molecular weight is 344 g/mol. The average Bonchev–Trinajstić information content (AvgIpc) is 2.66. The van der Waals surface area contributed by atoms with Gasteiger partial charge in [0.25, 0.3) is 5.91 Å². The maximum atomic E-state index is 11.8. The number of methoxy groups -OCH3 is 3. The Balaban J connectivity index is 1.97. The summed E-state index contributed by atoms with van der Waals surface area (Å²) in [5.41, 5.74) is 3.03. The van der Waals surface area contributed by atoms with Crippen LogP contribution in [0.4, 0.5) is 0 Å². The van der Waals surface area contributed by atoms with Crippen molar-refractivity contribution in [3.05, 3.63) is 48.0 Å². The minimum Gasteiger partial charge on any atom is -0.496 e. The zero-order chi connectivity index (χ0) is 18.1. The fraction of sp³-hybridized carbons (Fsp3) is 0.222. The summed E-state index contributed by atoms with van der Waals surface area (Å²) in [5, 5.41) is 3.91. The van der Waals surface area contributed by atoms with Crippen LogP contribution in [0.2, 0.25) is 0 Å². The molecule has 0 fully saturated rings. The van der Waals surface area contributed by atoms with Crippen LogP contribution in [0.1, 0.15) is 5.56 Å². The Morgan fingerprint density at radius 3 is 2.28 bits per heavy atom. The van der Waals surface area contributed by atoms with E-state index in [0.717, 1.165) is 0 Å². The second-order valence-electron chi connectivity index (χ2n) is 4.84. The van der Waals surface area contributed by atoms with Gasteiger partial charge in [0.1, 0.15) is 11.5 Å². The number of para-hydroxylation sites is 1. The highest BCUT2D eigenvalue weighted by Crippen LogP contribution is 2.33. The highest BCUT2D eigenvalue weighted by atomic mass is 16.5. The fourth-order valence-electron chi connectivity index (χ4n) is 2.03. The third kappa shape index (κ3) is 5.13. The molecular formula is C18H20N2O5. The predicted molar refractivity (Wildman–Crippen MR) is 93.8 cm³/mol. The topological polar surface area (TPSA) is 78.4 Å². The zero-order valence-electron chi connectivity index (χ0n) is 14.3. The number of hydrogen-bond donors (Lipinski definition) is 1. The van der Waals surface area contributed by atoms with E-state index in [4.69, 9.17) is 18.9 Å². The lowest BCUT2D eigenvalue weighted by Crippen LogP contribution is -2.24. The number of carbonyl (C=O) groups is 1. The molecule has 0 aliphatic rings. The van der Waals surface area contributed by atoms with E-state index in [0.29, 0.717) is 28.6 Å². The summed E-state index contributed by atoms with van der Waals surface area (Å²) in [6.07, 6.45) is 1.46. The Labute approximate surface area is 146 Å². The Bertz CT molecular complexity index is 732. The lowest BCUT2D eigenvalue weighted by atomic mass is 10.2. The molecule has 0 atom stereocenters. The van der Waals surface area contributed by atoms with E-state index in [-0.39, 0.29) is 12.5 Å². The van der Waals surface area contributed by atoms with Gasteiger partial charge in [-0.25, -0.2) is 5.43 Å². The van der Waals surface area contributed by atoms with Gasteiger partial charge in [0.15, 0.2) is 18.1 Å². The molecule has 7 nitrogen and oxygen atoms in total. The molecule has 0 spiro atoms. The van der Waals surface area contributed by atoms with Crippen molar-refractivity contribution >= 4 is 12.1 Å². The van der Waals surface area contributed by atoms with Crippen molar-refractivity contribution in [3.8, 4) is 23.0 Å². The van der Waals surface area contributed by atoms with Crippen LogP contribution < -0.4 is 24.4 Å². The first-order chi connectivity index (χ1) is 12.2. The van der Waals surface area contributed by atoms with Crippen LogP contribution in [0.25, 0.3) is 0 Å². The van der Waals surface area contributed by atoms with Gasteiger partial charge in [-0.05, 0) is 18.2 Å². The number of ether oxygens (including phenoxy) is 4. The van der Waals surface area contributed by atoms with Crippen molar-refractivity contribution in [2.45, 2.75) is 0 Å². The molecule has 0 radical (unpaired) electrons. The molecule has 1 amide bonds. The smallest absolute Gasteiger partial charge is 0.277 e. The second-order valence-corrected chi connectivity index (χ2v) is 4.84. The van der Waals surface area contributed by atoms with Crippen molar-refractivity contribution in [1.82, 2.24) is 5.43 Å². The largest absolute Gasteiger partial charge is 0.496 e. The van der Waals surface area contributed by atoms with Gasteiger partial charge in [-0.15, -0.1) is 0 Å². The van der Waals surface area contributed by atoms with Crippen molar-refractivity contribution in [1.29, 1.82) is 0 Å². The first-order valence-corrected chi connectivity index (χ1v) is 7.47. The van der Waals surface area contributed by atoms with Gasteiger partial charge in [0.2, 0.25) is 0 Å². The first kappa shape index (κ1) is 18.1. The van der Waals surface area contributed by atoms with Crippen molar-refractivity contribution in [2.75, 3.05) is 27.9 Å². The van der Waals surface area contributed by atoms with E-state index >= 15 is 0 Å². The number of nitrogens with zero attached hydrogens (tertiary/aromatic N) is 1. The number of hydrogen-bond acceptors (Lipinski definition) is 6. The molecule has 0 aliphatic heterocycles. The van der Waals surface area contributed by atoms with Crippen LogP contribution in [-0.2, 0) is 4.79 Å². The minimum absolute atomic E-state index is 0.135. The molecule has 0 bridgehead atoms. The van der Waals surface area contributed by atoms with Gasteiger partial charge in [-0.3, -0.25) is 4.79 Å². The third-order valence-electron chi connectivity index (χ3n) is 3.24. The molecule has 0 heterocycles. The molecular weight excluding hydrogens is 324 g/mol. The predicted octanol–water partition coefficient (Wildman–Crippen LogP) is 2.24. The van der Waals surface area contributed by atoms with Gasteiger partial charge in [0.05, 0.1) is 27.5 Å². The Hall–Kier alpha value is -3.22. The molecule has 2 aromatic carbocycles. The Morgan fingerprint density at radius 2 is 1.64 bits per heavy atom. The maximum Gasteiger partial charge on any atom is 0.277 e. The Kier molecular flexibility index (Phi) is 6.65. The molecule has 1 N–H and O–H groups in total. The number of hydrazone groups is 1. The summed E-state index contributed by atoms with van der Waals surface area (Å²) in [5.74, 6) is 1.85. The zero-order valence-corrected chi connectivity index (χ0v) is 14.3. The van der Waals surface area contributed by atoms with Crippen LogP contribution in [-0.4, -0.2) is 40.1 Å². The van der Waals surface area contributed by atoms with Crippen LogP contribution in [0.15, 0.2) is 47.6 Å². The van der Waals surface area contributed by atoms with E-state index in [2.05, 4.69) is 10.5 Å². The summed E-state index contributed by atoms with van der Waals surface area (Å²) in [6, 6.07) is 12.4. The molecule has 0 aromatic heterocycles. The van der Waals surface area contributed by atoms with E-state index in [1.165, 1.54) is 27.5 Å². The second kappa shape index (κ2) is 9.17. The minimum atomic E-state index is -0.375. The SMILES string of the molecule is COc1cc(OC)c(OC)cc1/C=N/NC(=O)COc1ccccc1. The van der Waals surface area contributed by atoms with Crippen LogP contribution in [0.3, 0.4) is 0 Å². The van der Waals surface area contributed by atoms with Gasteiger partial charge in [-0.1, -0.05) is 18.2 Å². The van der Waals surface area contributed by atoms with Crippen molar-refractivity contribution < 1.29 is 23.7 Å². The van der Waals surface area contributed by atoms with Gasteiger partial charge in [-0.2, -0.15) is 5.10 Å². The number of carbonyl (C=O) groups excluding carboxylic acids is 1.